The second kappa shape index (κ2) is 3.20. The smallest absolute Gasteiger partial charge is 0.292 e. The first-order valence-electron chi connectivity index (χ1n) is 4.47. The van der Waals surface area contributed by atoms with Gasteiger partial charge in [0.25, 0.3) is 5.91 Å². The fourth-order valence-corrected chi connectivity index (χ4v) is 1.60. The van der Waals surface area contributed by atoms with Crippen LogP contribution in [0.3, 0.4) is 0 Å². The third-order valence-corrected chi connectivity index (χ3v) is 2.36. The van der Waals surface area contributed by atoms with E-state index in [1.165, 1.54) is 6.20 Å². The van der Waals surface area contributed by atoms with Gasteiger partial charge in [-0.15, -0.1) is 0 Å². The van der Waals surface area contributed by atoms with Crippen LogP contribution in [0.15, 0.2) is 16.8 Å². The van der Waals surface area contributed by atoms with Crippen molar-refractivity contribution in [2.45, 2.75) is 13.3 Å². The molecule has 2 heterocycles. The fourth-order valence-electron chi connectivity index (χ4n) is 1.60. The topological polar surface area (TPSA) is 46.3 Å². The second-order valence-corrected chi connectivity index (χ2v) is 3.52. The van der Waals surface area contributed by atoms with E-state index < -0.39 is 0 Å². The largest absolute Gasteiger partial charge is 0.351 e. The zero-order valence-corrected chi connectivity index (χ0v) is 7.56. The molecule has 4 nitrogen and oxygen atoms in total. The minimum Gasteiger partial charge on any atom is -0.351 e. The molecule has 0 saturated carbocycles. The van der Waals surface area contributed by atoms with Crippen molar-refractivity contribution in [1.29, 1.82) is 0 Å². The molecule has 1 fully saturated rings. The van der Waals surface area contributed by atoms with Crippen molar-refractivity contribution >= 4 is 5.91 Å². The van der Waals surface area contributed by atoms with E-state index in [-0.39, 0.29) is 5.91 Å². The molecule has 4 heteroatoms. The lowest BCUT2D eigenvalue weighted by Crippen LogP contribution is -2.28. The number of likely N-dealkylation sites (tertiary alicyclic amines) is 1. The third kappa shape index (κ3) is 1.56. The van der Waals surface area contributed by atoms with Crippen LogP contribution >= 0.6 is 0 Å². The number of rotatable bonds is 1. The highest BCUT2D eigenvalue weighted by Gasteiger charge is 2.25. The SMILES string of the molecule is CC1CCN(C(=O)c2ccno2)C1. The van der Waals surface area contributed by atoms with E-state index in [0.29, 0.717) is 11.7 Å². The van der Waals surface area contributed by atoms with Crippen molar-refractivity contribution < 1.29 is 9.32 Å². The van der Waals surface area contributed by atoms with Gasteiger partial charge in [-0.2, -0.15) is 0 Å². The van der Waals surface area contributed by atoms with Gasteiger partial charge in [-0.25, -0.2) is 0 Å². The van der Waals surface area contributed by atoms with Crippen molar-refractivity contribution in [3.05, 3.63) is 18.0 Å². The van der Waals surface area contributed by atoms with E-state index in [2.05, 4.69) is 12.1 Å². The van der Waals surface area contributed by atoms with Crippen molar-refractivity contribution in [2.75, 3.05) is 13.1 Å². The molecule has 1 aliphatic rings. The van der Waals surface area contributed by atoms with E-state index in [1.807, 2.05) is 4.90 Å². The highest BCUT2D eigenvalue weighted by Crippen LogP contribution is 2.17. The van der Waals surface area contributed by atoms with Gasteiger partial charge in [0.05, 0.1) is 6.20 Å². The Kier molecular flexibility index (Phi) is 2.04. The van der Waals surface area contributed by atoms with Crippen molar-refractivity contribution in [3.8, 4) is 0 Å². The van der Waals surface area contributed by atoms with Crippen LogP contribution < -0.4 is 0 Å². The summed E-state index contributed by atoms with van der Waals surface area (Å²) in [5, 5.41) is 3.51. The highest BCUT2D eigenvalue weighted by molar-refractivity contribution is 5.91. The summed E-state index contributed by atoms with van der Waals surface area (Å²) in [6, 6.07) is 1.60. The minimum absolute atomic E-state index is 0.0400. The summed E-state index contributed by atoms with van der Waals surface area (Å²) in [4.78, 5) is 13.5. The second-order valence-electron chi connectivity index (χ2n) is 3.52. The Balaban J connectivity index is 2.06. The van der Waals surface area contributed by atoms with Gasteiger partial charge in [-0.05, 0) is 12.3 Å². The lowest BCUT2D eigenvalue weighted by Gasteiger charge is -2.12. The Morgan fingerprint density at radius 1 is 1.77 bits per heavy atom. The molecular formula is C9H12N2O2. The van der Waals surface area contributed by atoms with Gasteiger partial charge in [-0.3, -0.25) is 4.79 Å². The molecule has 0 N–H and O–H groups in total. The lowest BCUT2D eigenvalue weighted by atomic mass is 10.2. The number of hydrogen-bond acceptors (Lipinski definition) is 3. The Labute approximate surface area is 76.5 Å². The Bertz CT molecular complexity index is 295. The standard InChI is InChI=1S/C9H12N2O2/c1-7-3-5-11(6-7)9(12)8-2-4-10-13-8/h2,4,7H,3,5-6H2,1H3. The van der Waals surface area contributed by atoms with Gasteiger partial charge in [0.15, 0.2) is 0 Å². The molecule has 1 aromatic heterocycles. The molecule has 1 atom stereocenters. The molecule has 0 aliphatic carbocycles. The molecule has 0 spiro atoms. The molecule has 0 aromatic carbocycles. The first-order valence-corrected chi connectivity index (χ1v) is 4.47. The average Bonchev–Trinajstić information content (AvgIpc) is 2.72. The first kappa shape index (κ1) is 8.29. The summed E-state index contributed by atoms with van der Waals surface area (Å²) in [5.74, 6) is 0.905. The number of nitrogens with zero attached hydrogens (tertiary/aromatic N) is 2. The first-order chi connectivity index (χ1) is 6.27. The molecule has 0 bridgehead atoms. The van der Waals surface area contributed by atoms with Crippen LogP contribution in [0.25, 0.3) is 0 Å². The van der Waals surface area contributed by atoms with E-state index in [9.17, 15) is 4.79 Å². The predicted molar refractivity (Wildman–Crippen MR) is 46.2 cm³/mol. The van der Waals surface area contributed by atoms with Gasteiger partial charge >= 0.3 is 0 Å². The minimum atomic E-state index is -0.0400. The van der Waals surface area contributed by atoms with E-state index in [0.717, 1.165) is 19.5 Å². The summed E-state index contributed by atoms with van der Waals surface area (Å²) in [6.07, 6.45) is 2.58. The van der Waals surface area contributed by atoms with Gasteiger partial charge < -0.3 is 9.42 Å². The van der Waals surface area contributed by atoms with E-state index in [4.69, 9.17) is 4.52 Å². The molecule has 13 heavy (non-hydrogen) atoms. The Morgan fingerprint density at radius 2 is 2.62 bits per heavy atom. The van der Waals surface area contributed by atoms with Crippen LogP contribution in [0.2, 0.25) is 0 Å². The summed E-state index contributed by atoms with van der Waals surface area (Å²) < 4.78 is 4.80. The van der Waals surface area contributed by atoms with Crippen LogP contribution in [-0.4, -0.2) is 29.1 Å². The monoisotopic (exact) mass is 180 g/mol. The van der Waals surface area contributed by atoms with Crippen LogP contribution in [0.1, 0.15) is 23.9 Å². The molecule has 1 amide bonds. The fraction of sp³-hybridized carbons (Fsp3) is 0.556. The number of amides is 1. The van der Waals surface area contributed by atoms with Crippen LogP contribution in [0.5, 0.6) is 0 Å². The quantitative estimate of drug-likeness (QED) is 0.651. The highest BCUT2D eigenvalue weighted by atomic mass is 16.5. The van der Waals surface area contributed by atoms with Gasteiger partial charge in [0, 0.05) is 19.2 Å². The maximum Gasteiger partial charge on any atom is 0.292 e. The summed E-state index contributed by atoms with van der Waals surface area (Å²) in [6.45, 7) is 3.81. The zero-order valence-electron chi connectivity index (χ0n) is 7.56. The Hall–Kier alpha value is -1.32. The molecule has 2 rings (SSSR count). The summed E-state index contributed by atoms with van der Waals surface area (Å²) in [7, 11) is 0. The van der Waals surface area contributed by atoms with Crippen molar-refractivity contribution in [3.63, 3.8) is 0 Å². The lowest BCUT2D eigenvalue weighted by molar-refractivity contribution is 0.0746. The number of aromatic nitrogens is 1. The zero-order chi connectivity index (χ0) is 9.26. The summed E-state index contributed by atoms with van der Waals surface area (Å²) in [5.41, 5.74) is 0. The molecule has 1 aliphatic heterocycles. The number of carbonyl (C=O) groups excluding carboxylic acids is 1. The van der Waals surface area contributed by atoms with Crippen molar-refractivity contribution in [1.82, 2.24) is 10.1 Å². The van der Waals surface area contributed by atoms with Gasteiger partial charge in [0.2, 0.25) is 5.76 Å². The van der Waals surface area contributed by atoms with Crippen LogP contribution in [-0.2, 0) is 0 Å². The molecule has 70 valence electrons. The van der Waals surface area contributed by atoms with E-state index >= 15 is 0 Å². The molecule has 1 unspecified atom stereocenters. The average molecular weight is 180 g/mol. The molecule has 1 saturated heterocycles. The van der Waals surface area contributed by atoms with Gasteiger partial charge in [0.1, 0.15) is 0 Å². The third-order valence-electron chi connectivity index (χ3n) is 2.36. The van der Waals surface area contributed by atoms with Crippen molar-refractivity contribution in [2.24, 2.45) is 5.92 Å². The number of carbonyl (C=O) groups is 1. The summed E-state index contributed by atoms with van der Waals surface area (Å²) >= 11 is 0. The van der Waals surface area contributed by atoms with Crippen LogP contribution in [0, 0.1) is 5.92 Å². The molecule has 0 radical (unpaired) electrons. The van der Waals surface area contributed by atoms with E-state index in [1.54, 1.807) is 6.07 Å². The normalized spacial score (nSPS) is 22.2. The predicted octanol–water partition coefficient (Wildman–Crippen LogP) is 1.16. The maximum atomic E-state index is 11.6. The van der Waals surface area contributed by atoms with Crippen LogP contribution in [0.4, 0.5) is 0 Å². The Morgan fingerprint density at radius 3 is 3.15 bits per heavy atom. The number of hydrogen-bond donors (Lipinski definition) is 0. The molecule has 1 aromatic rings. The maximum absolute atomic E-state index is 11.6. The van der Waals surface area contributed by atoms with Gasteiger partial charge in [-0.1, -0.05) is 12.1 Å². The molecular weight excluding hydrogens is 168 g/mol.